The van der Waals surface area contributed by atoms with Gasteiger partial charge in [-0.3, -0.25) is 24.5 Å². The normalized spacial score (nSPS) is 16.7. The van der Waals surface area contributed by atoms with Gasteiger partial charge in [0.05, 0.1) is 34.4 Å². The molecule has 1 saturated heterocycles. The Labute approximate surface area is 167 Å². The van der Waals surface area contributed by atoms with Crippen molar-refractivity contribution in [2.24, 2.45) is 0 Å². The summed E-state index contributed by atoms with van der Waals surface area (Å²) in [5.41, 5.74) is 0.597. The Bertz CT molecular complexity index is 946. The number of piperazine rings is 1. The summed E-state index contributed by atoms with van der Waals surface area (Å²) in [7, 11) is 1.22. The number of nitro groups is 1. The Morgan fingerprint density at radius 1 is 1.50 bits per heavy atom. The zero-order chi connectivity index (χ0) is 20.3. The summed E-state index contributed by atoms with van der Waals surface area (Å²) in [6.45, 7) is 0.622. The number of hydrogen-bond donors (Lipinski definition) is 1. The molecule has 148 valence electrons. The van der Waals surface area contributed by atoms with Crippen LogP contribution in [0, 0.1) is 10.1 Å². The third kappa shape index (κ3) is 4.39. The van der Waals surface area contributed by atoms with Crippen molar-refractivity contribution in [1.82, 2.24) is 15.2 Å². The lowest BCUT2D eigenvalue weighted by molar-refractivity contribution is -0.384. The topological polar surface area (TPSA) is 132 Å². The van der Waals surface area contributed by atoms with Gasteiger partial charge in [-0.05, 0) is 6.07 Å². The number of ether oxygens (including phenoxy) is 1. The van der Waals surface area contributed by atoms with Crippen LogP contribution in [0.5, 0.6) is 0 Å². The molecule has 2 amide bonds. The molecule has 1 aliphatic heterocycles. The van der Waals surface area contributed by atoms with E-state index in [0.717, 1.165) is 0 Å². The third-order valence-electron chi connectivity index (χ3n) is 4.12. The summed E-state index contributed by atoms with van der Waals surface area (Å²) in [6, 6.07) is 3.50. The van der Waals surface area contributed by atoms with E-state index < -0.39 is 16.9 Å². The third-order valence-corrected chi connectivity index (χ3v) is 6.27. The number of nitrogens with one attached hydrogen (secondary N) is 1. The van der Waals surface area contributed by atoms with Gasteiger partial charge in [0.25, 0.3) is 5.69 Å². The highest BCUT2D eigenvalue weighted by Crippen LogP contribution is 2.32. The monoisotopic (exact) mass is 424 g/mol. The number of methoxy groups -OCH3 is 1. The van der Waals surface area contributed by atoms with Gasteiger partial charge in [-0.25, -0.2) is 4.98 Å². The molecule has 0 aliphatic carbocycles. The maximum absolute atomic E-state index is 12.6. The number of rotatable bonds is 6. The van der Waals surface area contributed by atoms with E-state index in [1.807, 2.05) is 0 Å². The zero-order valence-electron chi connectivity index (χ0n) is 14.7. The van der Waals surface area contributed by atoms with Crippen LogP contribution in [0.15, 0.2) is 22.5 Å². The first-order valence-electron chi connectivity index (χ1n) is 8.21. The van der Waals surface area contributed by atoms with Gasteiger partial charge in [-0.15, -0.1) is 11.3 Å². The highest BCUT2D eigenvalue weighted by atomic mass is 32.2. The average Bonchev–Trinajstić information content (AvgIpc) is 3.09. The van der Waals surface area contributed by atoms with Gasteiger partial charge in [-0.2, -0.15) is 0 Å². The zero-order valence-corrected chi connectivity index (χ0v) is 16.4. The number of amides is 2. The fourth-order valence-electron chi connectivity index (χ4n) is 2.73. The minimum Gasteiger partial charge on any atom is -0.469 e. The van der Waals surface area contributed by atoms with Crippen LogP contribution in [-0.4, -0.2) is 64.6 Å². The lowest BCUT2D eigenvalue weighted by Gasteiger charge is -2.34. The quantitative estimate of drug-likeness (QED) is 0.316. The van der Waals surface area contributed by atoms with E-state index in [1.165, 1.54) is 47.2 Å². The van der Waals surface area contributed by atoms with Gasteiger partial charge in [-0.1, -0.05) is 11.8 Å². The number of nitro benzene ring substituents is 1. The Balaban J connectivity index is 1.68. The fraction of sp³-hybridized carbons (Fsp3) is 0.375. The molecule has 1 aromatic carbocycles. The van der Waals surface area contributed by atoms with Gasteiger partial charge in [0.15, 0.2) is 4.34 Å². The summed E-state index contributed by atoms with van der Waals surface area (Å²) >= 11 is 2.44. The molecular formula is C16H16N4O6S2. The van der Waals surface area contributed by atoms with Crippen molar-refractivity contribution >= 4 is 56.8 Å². The Morgan fingerprint density at radius 2 is 2.29 bits per heavy atom. The van der Waals surface area contributed by atoms with Crippen LogP contribution in [0.2, 0.25) is 0 Å². The van der Waals surface area contributed by atoms with Gasteiger partial charge < -0.3 is 15.0 Å². The molecule has 0 spiro atoms. The predicted molar refractivity (Wildman–Crippen MR) is 102 cm³/mol. The molecule has 0 radical (unpaired) electrons. The maximum Gasteiger partial charge on any atom is 0.308 e. The molecule has 1 fully saturated rings. The van der Waals surface area contributed by atoms with E-state index in [-0.39, 0.29) is 29.7 Å². The number of hydrogen-bond acceptors (Lipinski definition) is 9. The van der Waals surface area contributed by atoms with Gasteiger partial charge in [0.2, 0.25) is 11.8 Å². The first-order valence-corrected chi connectivity index (χ1v) is 10.0. The van der Waals surface area contributed by atoms with Gasteiger partial charge in [0.1, 0.15) is 6.04 Å². The van der Waals surface area contributed by atoms with E-state index in [4.69, 9.17) is 0 Å². The summed E-state index contributed by atoms with van der Waals surface area (Å²) < 4.78 is 5.85. The average molecular weight is 424 g/mol. The van der Waals surface area contributed by atoms with Gasteiger partial charge in [0, 0.05) is 25.2 Å². The van der Waals surface area contributed by atoms with Crippen LogP contribution in [0.4, 0.5) is 5.69 Å². The second-order valence-corrected chi connectivity index (χ2v) is 8.10. The maximum atomic E-state index is 12.6. The van der Waals surface area contributed by atoms with Crippen LogP contribution in [0.1, 0.15) is 6.42 Å². The molecular weight excluding hydrogens is 408 g/mol. The molecule has 2 aromatic rings. The number of nitrogens with zero attached hydrogens (tertiary/aromatic N) is 3. The highest BCUT2D eigenvalue weighted by molar-refractivity contribution is 8.01. The fourth-order valence-corrected chi connectivity index (χ4v) is 4.72. The number of fused-ring (bicyclic) bond motifs is 1. The first kappa shape index (κ1) is 20.0. The van der Waals surface area contributed by atoms with E-state index in [0.29, 0.717) is 27.6 Å². The molecule has 2 heterocycles. The molecule has 0 unspecified atom stereocenters. The smallest absolute Gasteiger partial charge is 0.308 e. The van der Waals surface area contributed by atoms with E-state index >= 15 is 0 Å². The van der Waals surface area contributed by atoms with Crippen molar-refractivity contribution in [3.05, 3.63) is 28.3 Å². The van der Waals surface area contributed by atoms with E-state index in [9.17, 15) is 24.5 Å². The Hall–Kier alpha value is -2.73. The Kier molecular flexibility index (Phi) is 6.09. The van der Waals surface area contributed by atoms with Crippen molar-refractivity contribution in [3.8, 4) is 0 Å². The molecule has 10 nitrogen and oxygen atoms in total. The summed E-state index contributed by atoms with van der Waals surface area (Å²) in [4.78, 5) is 52.3. The summed E-state index contributed by atoms with van der Waals surface area (Å²) in [6.07, 6.45) is -0.205. The van der Waals surface area contributed by atoms with Crippen LogP contribution in [0.3, 0.4) is 0 Å². The minimum atomic E-state index is -0.896. The Morgan fingerprint density at radius 3 is 3.00 bits per heavy atom. The number of aromatic nitrogens is 1. The van der Waals surface area contributed by atoms with Crippen LogP contribution >= 0.6 is 23.1 Å². The van der Waals surface area contributed by atoms with Crippen molar-refractivity contribution in [3.63, 3.8) is 0 Å². The molecule has 0 bridgehead atoms. The number of non-ortho nitro benzene ring substituents is 1. The number of benzene rings is 1. The summed E-state index contributed by atoms with van der Waals surface area (Å²) in [5, 5.41) is 13.5. The largest absolute Gasteiger partial charge is 0.469 e. The van der Waals surface area contributed by atoms with Crippen molar-refractivity contribution < 1.29 is 24.0 Å². The lowest BCUT2D eigenvalue weighted by Crippen LogP contribution is -2.58. The van der Waals surface area contributed by atoms with E-state index in [2.05, 4.69) is 15.0 Å². The van der Waals surface area contributed by atoms with E-state index in [1.54, 1.807) is 6.07 Å². The van der Waals surface area contributed by atoms with Crippen molar-refractivity contribution in [2.45, 2.75) is 16.8 Å². The molecule has 0 saturated carbocycles. The number of thioether (sulfide) groups is 1. The number of esters is 1. The molecule has 1 N–H and O–H groups in total. The van der Waals surface area contributed by atoms with Gasteiger partial charge >= 0.3 is 5.97 Å². The standard InChI is InChI=1S/C16H16N4O6S2/c1-26-14(22)7-11-15(23)17-4-5-19(11)13(21)8-27-16-18-10-3-2-9(20(24)25)6-12(10)28-16/h2-3,6,11H,4-5,7-8H2,1H3,(H,17,23)/t11-/m1/s1. The SMILES string of the molecule is COC(=O)C[C@@H]1C(=O)NCCN1C(=O)CSc1nc2ccc([N+](=O)[O-])cc2s1. The number of carbonyl (C=O) groups is 3. The number of carbonyl (C=O) groups excluding carboxylic acids is 3. The van der Waals surface area contributed by atoms with Crippen molar-refractivity contribution in [1.29, 1.82) is 0 Å². The minimum absolute atomic E-state index is 0.0197. The molecule has 1 aromatic heterocycles. The summed E-state index contributed by atoms with van der Waals surface area (Å²) in [5.74, 6) is -1.21. The second-order valence-electron chi connectivity index (χ2n) is 5.85. The molecule has 1 atom stereocenters. The molecule has 1 aliphatic rings. The highest BCUT2D eigenvalue weighted by Gasteiger charge is 2.34. The lowest BCUT2D eigenvalue weighted by atomic mass is 10.1. The predicted octanol–water partition coefficient (Wildman–Crippen LogP) is 1.19. The van der Waals surface area contributed by atoms with Crippen LogP contribution in [0.25, 0.3) is 10.2 Å². The second kappa shape index (κ2) is 8.52. The number of thiazole rings is 1. The molecule has 12 heteroatoms. The van der Waals surface area contributed by atoms with Crippen molar-refractivity contribution in [2.75, 3.05) is 26.0 Å². The molecule has 3 rings (SSSR count). The first-order chi connectivity index (χ1) is 13.4. The molecule has 28 heavy (non-hydrogen) atoms. The van der Waals surface area contributed by atoms with Crippen LogP contribution in [-0.2, 0) is 19.1 Å². The van der Waals surface area contributed by atoms with Crippen LogP contribution < -0.4 is 5.32 Å².